The van der Waals surface area contributed by atoms with Gasteiger partial charge < -0.3 is 0 Å². The predicted octanol–water partition coefficient (Wildman–Crippen LogP) is 3.16. The van der Waals surface area contributed by atoms with E-state index >= 15 is 0 Å². The number of sulfone groups is 1. The van der Waals surface area contributed by atoms with Crippen LogP contribution in [0.15, 0.2) is 46.2 Å². The number of hydrogen-bond donors (Lipinski definition) is 0. The monoisotopic (exact) mass is 407 g/mol. The van der Waals surface area contributed by atoms with Gasteiger partial charge in [0.25, 0.3) is 0 Å². The second-order valence-corrected chi connectivity index (χ2v) is 11.3. The first kappa shape index (κ1) is 20.0. The molecule has 0 saturated carbocycles. The molecule has 2 aromatic carbocycles. The van der Waals surface area contributed by atoms with E-state index in [0.29, 0.717) is 11.3 Å². The van der Waals surface area contributed by atoms with Crippen LogP contribution in [0, 0.1) is 27.7 Å². The van der Waals surface area contributed by atoms with Crippen molar-refractivity contribution in [2.45, 2.75) is 49.2 Å². The first-order valence-electron chi connectivity index (χ1n) is 8.93. The van der Waals surface area contributed by atoms with Gasteiger partial charge in [-0.05, 0) is 68.5 Å². The van der Waals surface area contributed by atoms with Crippen molar-refractivity contribution < 1.29 is 16.8 Å². The standard InChI is InChI=1S/C20H25NO4S2/c1-14-12-15(2)17(4)20(16(14)3)27(24,25)21-11-10-19(13-21)26(22,23)18-8-6-5-7-9-18/h5-9,12,19H,10-11,13H2,1-4H3. The second kappa shape index (κ2) is 7.04. The summed E-state index contributed by atoms with van der Waals surface area (Å²) in [6, 6.07) is 10.2. The fraction of sp³-hybridized carbons (Fsp3) is 0.400. The molecule has 5 nitrogen and oxygen atoms in total. The molecule has 0 N–H and O–H groups in total. The average molecular weight is 408 g/mol. The SMILES string of the molecule is Cc1cc(C)c(C)c(S(=O)(=O)N2CCC(S(=O)(=O)c3ccccc3)C2)c1C. The zero-order chi connectivity index (χ0) is 20.0. The Bertz CT molecular complexity index is 1050. The minimum Gasteiger partial charge on any atom is -0.223 e. The van der Waals surface area contributed by atoms with Crippen LogP contribution in [-0.4, -0.2) is 39.5 Å². The molecule has 3 rings (SSSR count). The summed E-state index contributed by atoms with van der Waals surface area (Å²) in [6.45, 7) is 7.61. The largest absolute Gasteiger partial charge is 0.243 e. The van der Waals surface area contributed by atoms with Gasteiger partial charge >= 0.3 is 0 Å². The molecule has 1 aliphatic rings. The summed E-state index contributed by atoms with van der Waals surface area (Å²) in [5.74, 6) is 0. The molecule has 0 radical (unpaired) electrons. The van der Waals surface area contributed by atoms with Gasteiger partial charge in [0.2, 0.25) is 10.0 Å². The molecule has 1 atom stereocenters. The van der Waals surface area contributed by atoms with Crippen molar-refractivity contribution in [3.05, 3.63) is 58.7 Å². The van der Waals surface area contributed by atoms with E-state index in [0.717, 1.165) is 22.3 Å². The van der Waals surface area contributed by atoms with Gasteiger partial charge in [0, 0.05) is 13.1 Å². The third-order valence-electron chi connectivity index (χ3n) is 5.51. The number of aryl methyl sites for hydroxylation is 2. The smallest absolute Gasteiger partial charge is 0.223 e. The molecule has 146 valence electrons. The number of benzene rings is 2. The maximum Gasteiger partial charge on any atom is 0.243 e. The summed E-state index contributed by atoms with van der Waals surface area (Å²) < 4.78 is 53.7. The Balaban J connectivity index is 1.96. The Kier molecular flexibility index (Phi) is 5.22. The molecule has 0 amide bonds. The quantitative estimate of drug-likeness (QED) is 0.780. The molecular formula is C20H25NO4S2. The molecule has 0 aromatic heterocycles. The molecule has 0 bridgehead atoms. The van der Waals surface area contributed by atoms with Crippen LogP contribution in [0.2, 0.25) is 0 Å². The van der Waals surface area contributed by atoms with Crippen molar-refractivity contribution in [2.24, 2.45) is 0 Å². The van der Waals surface area contributed by atoms with E-state index in [1.807, 2.05) is 33.8 Å². The lowest BCUT2D eigenvalue weighted by Gasteiger charge is -2.22. The van der Waals surface area contributed by atoms with Gasteiger partial charge in [0.05, 0.1) is 15.0 Å². The van der Waals surface area contributed by atoms with E-state index in [9.17, 15) is 16.8 Å². The highest BCUT2D eigenvalue weighted by molar-refractivity contribution is 7.92. The van der Waals surface area contributed by atoms with Crippen LogP contribution in [-0.2, 0) is 19.9 Å². The van der Waals surface area contributed by atoms with Crippen LogP contribution in [0.25, 0.3) is 0 Å². The lowest BCUT2D eigenvalue weighted by molar-refractivity contribution is 0.475. The van der Waals surface area contributed by atoms with Crippen molar-refractivity contribution in [3.63, 3.8) is 0 Å². The van der Waals surface area contributed by atoms with Crippen molar-refractivity contribution in [1.29, 1.82) is 0 Å². The highest BCUT2D eigenvalue weighted by Gasteiger charge is 2.40. The molecule has 1 saturated heterocycles. The molecule has 7 heteroatoms. The molecule has 1 heterocycles. The minimum absolute atomic E-state index is 0.00850. The Morgan fingerprint density at radius 2 is 1.44 bits per heavy atom. The summed E-state index contributed by atoms with van der Waals surface area (Å²) in [4.78, 5) is 0.561. The summed E-state index contributed by atoms with van der Waals surface area (Å²) in [7, 11) is -7.31. The minimum atomic E-state index is -3.75. The lowest BCUT2D eigenvalue weighted by atomic mass is 10.0. The fourth-order valence-electron chi connectivity index (χ4n) is 3.67. The highest BCUT2D eigenvalue weighted by atomic mass is 32.2. The summed E-state index contributed by atoms with van der Waals surface area (Å²) >= 11 is 0. The van der Waals surface area contributed by atoms with Crippen molar-refractivity contribution in [1.82, 2.24) is 4.31 Å². The van der Waals surface area contributed by atoms with E-state index in [-0.39, 0.29) is 18.0 Å². The van der Waals surface area contributed by atoms with E-state index < -0.39 is 25.1 Å². The summed E-state index contributed by atoms with van der Waals surface area (Å²) in [5.41, 5.74) is 3.30. The number of hydrogen-bond acceptors (Lipinski definition) is 4. The highest BCUT2D eigenvalue weighted by Crippen LogP contribution is 2.32. The van der Waals surface area contributed by atoms with Gasteiger partial charge in [-0.2, -0.15) is 4.31 Å². The Hall–Kier alpha value is -1.70. The molecular weight excluding hydrogens is 382 g/mol. The van der Waals surface area contributed by atoms with Gasteiger partial charge in [-0.15, -0.1) is 0 Å². The number of rotatable bonds is 4. The second-order valence-electron chi connectivity index (χ2n) is 7.22. The number of sulfonamides is 1. The third kappa shape index (κ3) is 3.44. The normalized spacial score (nSPS) is 18.7. The molecule has 1 fully saturated rings. The zero-order valence-corrected chi connectivity index (χ0v) is 17.7. The van der Waals surface area contributed by atoms with Crippen LogP contribution in [0.5, 0.6) is 0 Å². The van der Waals surface area contributed by atoms with Crippen LogP contribution < -0.4 is 0 Å². The van der Waals surface area contributed by atoms with E-state index in [4.69, 9.17) is 0 Å². The Morgan fingerprint density at radius 1 is 0.889 bits per heavy atom. The first-order valence-corrected chi connectivity index (χ1v) is 11.9. The van der Waals surface area contributed by atoms with Gasteiger partial charge in [0.1, 0.15) is 0 Å². The predicted molar refractivity (Wildman–Crippen MR) is 106 cm³/mol. The van der Waals surface area contributed by atoms with E-state index in [1.165, 1.54) is 4.31 Å². The van der Waals surface area contributed by atoms with Crippen LogP contribution >= 0.6 is 0 Å². The van der Waals surface area contributed by atoms with Crippen LogP contribution in [0.4, 0.5) is 0 Å². The van der Waals surface area contributed by atoms with Gasteiger partial charge in [0.15, 0.2) is 9.84 Å². The third-order valence-corrected chi connectivity index (χ3v) is 9.84. The molecule has 1 unspecified atom stereocenters. The summed E-state index contributed by atoms with van der Waals surface area (Å²) in [6.07, 6.45) is 0.305. The van der Waals surface area contributed by atoms with E-state index in [2.05, 4.69) is 0 Å². The Labute approximate surface area is 162 Å². The molecule has 0 aliphatic carbocycles. The number of nitrogens with zero attached hydrogens (tertiary/aromatic N) is 1. The first-order chi connectivity index (χ1) is 12.6. The molecule has 0 spiro atoms. The molecule has 27 heavy (non-hydrogen) atoms. The molecule has 2 aromatic rings. The van der Waals surface area contributed by atoms with E-state index in [1.54, 1.807) is 30.3 Å². The molecule has 1 aliphatic heterocycles. The van der Waals surface area contributed by atoms with Gasteiger partial charge in [-0.1, -0.05) is 24.3 Å². The lowest BCUT2D eigenvalue weighted by Crippen LogP contribution is -2.33. The Morgan fingerprint density at radius 3 is 2.00 bits per heavy atom. The maximum atomic E-state index is 13.3. The van der Waals surface area contributed by atoms with Crippen LogP contribution in [0.1, 0.15) is 28.7 Å². The van der Waals surface area contributed by atoms with Gasteiger partial charge in [-0.25, -0.2) is 16.8 Å². The van der Waals surface area contributed by atoms with Crippen molar-refractivity contribution in [3.8, 4) is 0 Å². The van der Waals surface area contributed by atoms with Crippen molar-refractivity contribution in [2.75, 3.05) is 13.1 Å². The average Bonchev–Trinajstić information content (AvgIpc) is 3.13. The maximum absolute atomic E-state index is 13.3. The van der Waals surface area contributed by atoms with Gasteiger partial charge in [-0.3, -0.25) is 0 Å². The summed E-state index contributed by atoms with van der Waals surface area (Å²) in [5, 5.41) is -0.721. The topological polar surface area (TPSA) is 71.5 Å². The fourth-order valence-corrected chi connectivity index (χ4v) is 7.55. The zero-order valence-electron chi connectivity index (χ0n) is 16.1. The van der Waals surface area contributed by atoms with Crippen molar-refractivity contribution >= 4 is 19.9 Å². The van der Waals surface area contributed by atoms with Crippen LogP contribution in [0.3, 0.4) is 0 Å².